The summed E-state index contributed by atoms with van der Waals surface area (Å²) in [5.74, 6) is 2.86. The number of fused-ring (bicyclic) bond motifs is 1. The average molecular weight is 383 g/mol. The summed E-state index contributed by atoms with van der Waals surface area (Å²) in [7, 11) is 0. The molecule has 2 saturated carbocycles. The quantitative estimate of drug-likeness (QED) is 0.721. The van der Waals surface area contributed by atoms with E-state index in [9.17, 15) is 4.79 Å². The zero-order valence-electron chi connectivity index (χ0n) is 16.0. The molecule has 0 aliphatic heterocycles. The van der Waals surface area contributed by atoms with Gasteiger partial charge in [-0.15, -0.1) is 0 Å². The van der Waals surface area contributed by atoms with Crippen molar-refractivity contribution in [3.8, 4) is 0 Å². The van der Waals surface area contributed by atoms with Gasteiger partial charge in [-0.2, -0.15) is 0 Å². The number of nitrogens with one attached hydrogen (secondary N) is 1. The van der Waals surface area contributed by atoms with Crippen LogP contribution in [0.5, 0.6) is 0 Å². The van der Waals surface area contributed by atoms with Gasteiger partial charge in [-0.3, -0.25) is 9.78 Å². The zero-order valence-corrected chi connectivity index (χ0v) is 16.7. The van der Waals surface area contributed by atoms with Crippen LogP contribution in [0.2, 0.25) is 5.02 Å². The second-order valence-corrected chi connectivity index (χ2v) is 8.87. The van der Waals surface area contributed by atoms with Crippen molar-refractivity contribution in [1.29, 1.82) is 0 Å². The van der Waals surface area contributed by atoms with Gasteiger partial charge < -0.3 is 5.32 Å². The van der Waals surface area contributed by atoms with E-state index < -0.39 is 0 Å². The van der Waals surface area contributed by atoms with Gasteiger partial charge in [-0.05, 0) is 98.2 Å². The third-order valence-corrected chi connectivity index (χ3v) is 6.93. The fourth-order valence-corrected chi connectivity index (χ4v) is 5.29. The van der Waals surface area contributed by atoms with Crippen molar-refractivity contribution in [2.24, 2.45) is 23.7 Å². The summed E-state index contributed by atoms with van der Waals surface area (Å²) in [5, 5.41) is 3.73. The number of anilines is 1. The van der Waals surface area contributed by atoms with Crippen molar-refractivity contribution in [3.63, 3.8) is 0 Å². The first-order chi connectivity index (χ1) is 13.0. The number of pyridine rings is 1. The van der Waals surface area contributed by atoms with Crippen LogP contribution in [0.4, 0.5) is 5.69 Å². The Kier molecular flexibility index (Phi) is 5.23. The summed E-state index contributed by atoms with van der Waals surface area (Å²) in [6, 6.07) is 11.8. The molecule has 0 saturated heterocycles. The number of aromatic nitrogens is 1. The van der Waals surface area contributed by atoms with E-state index >= 15 is 0 Å². The predicted octanol–water partition coefficient (Wildman–Crippen LogP) is 5.84. The third-order valence-electron chi connectivity index (χ3n) is 6.68. The molecule has 3 nitrogen and oxygen atoms in total. The molecular weight excluding hydrogens is 356 g/mol. The lowest BCUT2D eigenvalue weighted by Gasteiger charge is -2.21. The third kappa shape index (κ3) is 4.03. The molecule has 0 unspecified atom stereocenters. The molecule has 1 amide bonds. The van der Waals surface area contributed by atoms with Gasteiger partial charge in [0.1, 0.15) is 0 Å². The summed E-state index contributed by atoms with van der Waals surface area (Å²) in [5.41, 5.74) is 3.37. The van der Waals surface area contributed by atoms with Gasteiger partial charge >= 0.3 is 0 Å². The predicted molar refractivity (Wildman–Crippen MR) is 110 cm³/mol. The Hall–Kier alpha value is -1.87. The number of nitrogens with zero attached hydrogens (tertiary/aromatic N) is 1. The summed E-state index contributed by atoms with van der Waals surface area (Å²) >= 11 is 5.92. The van der Waals surface area contributed by atoms with Crippen LogP contribution in [-0.2, 0) is 4.79 Å². The second kappa shape index (κ2) is 7.63. The monoisotopic (exact) mass is 382 g/mol. The Labute approximate surface area is 166 Å². The maximum atomic E-state index is 12.7. The molecule has 2 aromatic rings. The number of rotatable bonds is 4. The lowest BCUT2D eigenvalue weighted by Crippen LogP contribution is -2.26. The van der Waals surface area contributed by atoms with Gasteiger partial charge in [-0.1, -0.05) is 18.5 Å². The lowest BCUT2D eigenvalue weighted by molar-refractivity contribution is -0.120. The number of amides is 1. The first kappa shape index (κ1) is 18.5. The fraction of sp³-hybridized carbons (Fsp3) is 0.478. The highest BCUT2D eigenvalue weighted by molar-refractivity contribution is 6.30. The molecule has 142 valence electrons. The van der Waals surface area contributed by atoms with Gasteiger partial charge in [-0.25, -0.2) is 0 Å². The van der Waals surface area contributed by atoms with Gasteiger partial charge in [0.15, 0.2) is 0 Å². The minimum atomic E-state index is 0.0490. The van der Waals surface area contributed by atoms with Crippen molar-refractivity contribution in [2.45, 2.75) is 45.4 Å². The zero-order chi connectivity index (χ0) is 19.0. The molecule has 0 bridgehead atoms. The summed E-state index contributed by atoms with van der Waals surface area (Å²) in [6.45, 7) is 4.15. The van der Waals surface area contributed by atoms with Crippen molar-refractivity contribution in [2.75, 3.05) is 5.32 Å². The van der Waals surface area contributed by atoms with E-state index in [1.807, 2.05) is 30.5 Å². The molecule has 2 aliphatic carbocycles. The lowest BCUT2D eigenvalue weighted by atomic mass is 9.86. The molecule has 27 heavy (non-hydrogen) atoms. The van der Waals surface area contributed by atoms with Gasteiger partial charge in [0, 0.05) is 28.5 Å². The fourth-order valence-electron chi connectivity index (χ4n) is 5.17. The van der Waals surface area contributed by atoms with Crippen LogP contribution in [-0.4, -0.2) is 10.9 Å². The molecule has 0 radical (unpaired) electrons. The molecule has 1 N–H and O–H groups in total. The first-order valence-corrected chi connectivity index (χ1v) is 10.4. The standard InChI is InChI=1S/C23H27ClN2O/c1-14-9-16(7-8-25-14)18-12-19-10-17(11-20(19)13-18)15(2)23(27)26-22-5-3-21(24)4-6-22/h3-9,15,17-20H,10-13H2,1-2H3,(H,26,27)/t15-,17-,18+,19-,20+/m1/s1. The Morgan fingerprint density at radius 2 is 1.78 bits per heavy atom. The van der Waals surface area contributed by atoms with Crippen LogP contribution in [0.1, 0.15) is 49.8 Å². The van der Waals surface area contributed by atoms with Crippen molar-refractivity contribution >= 4 is 23.2 Å². The van der Waals surface area contributed by atoms with Crippen LogP contribution in [0.3, 0.4) is 0 Å². The molecule has 1 heterocycles. The molecule has 1 aromatic heterocycles. The summed E-state index contributed by atoms with van der Waals surface area (Å²) in [6.07, 6.45) is 6.82. The Morgan fingerprint density at radius 1 is 1.11 bits per heavy atom. The summed E-state index contributed by atoms with van der Waals surface area (Å²) in [4.78, 5) is 17.0. The van der Waals surface area contributed by atoms with Gasteiger partial charge in [0.2, 0.25) is 5.91 Å². The Balaban J connectivity index is 1.34. The van der Waals surface area contributed by atoms with Crippen LogP contribution in [0, 0.1) is 30.6 Å². The van der Waals surface area contributed by atoms with Gasteiger partial charge in [0.25, 0.3) is 0 Å². The number of benzene rings is 1. The molecule has 2 aliphatic rings. The van der Waals surface area contributed by atoms with E-state index in [-0.39, 0.29) is 11.8 Å². The van der Waals surface area contributed by atoms with Crippen molar-refractivity contribution in [3.05, 3.63) is 58.9 Å². The Morgan fingerprint density at radius 3 is 2.41 bits per heavy atom. The van der Waals surface area contributed by atoms with Gasteiger partial charge in [0.05, 0.1) is 0 Å². The van der Waals surface area contributed by atoms with Crippen LogP contribution in [0.15, 0.2) is 42.6 Å². The molecular formula is C23H27ClN2O. The van der Waals surface area contributed by atoms with Crippen LogP contribution < -0.4 is 5.32 Å². The van der Waals surface area contributed by atoms with E-state index in [1.165, 1.54) is 31.2 Å². The number of halogens is 1. The highest BCUT2D eigenvalue weighted by atomic mass is 35.5. The number of hydrogen-bond donors (Lipinski definition) is 1. The van der Waals surface area contributed by atoms with Crippen LogP contribution in [0.25, 0.3) is 0 Å². The Bertz CT molecular complexity index is 805. The first-order valence-electron chi connectivity index (χ1n) is 9.98. The van der Waals surface area contributed by atoms with E-state index in [4.69, 9.17) is 11.6 Å². The number of carbonyl (C=O) groups is 1. The van der Waals surface area contributed by atoms with E-state index in [1.54, 1.807) is 0 Å². The molecule has 5 atom stereocenters. The number of carbonyl (C=O) groups excluding carboxylic acids is 1. The molecule has 2 fully saturated rings. The topological polar surface area (TPSA) is 42.0 Å². The minimum Gasteiger partial charge on any atom is -0.326 e. The molecule has 0 spiro atoms. The van der Waals surface area contributed by atoms with Crippen molar-refractivity contribution in [1.82, 2.24) is 4.98 Å². The molecule has 4 rings (SSSR count). The average Bonchev–Trinajstić information content (AvgIpc) is 3.22. The minimum absolute atomic E-state index is 0.0490. The smallest absolute Gasteiger partial charge is 0.227 e. The SMILES string of the molecule is Cc1cc([C@@H]2C[C@@H]3C[C@H]([C@@H](C)C(=O)Nc4ccc(Cl)cc4)C[C@@H]3C2)ccn1. The van der Waals surface area contributed by atoms with Crippen LogP contribution >= 0.6 is 11.6 Å². The summed E-state index contributed by atoms with van der Waals surface area (Å²) < 4.78 is 0. The van der Waals surface area contributed by atoms with Crippen molar-refractivity contribution < 1.29 is 4.79 Å². The highest BCUT2D eigenvalue weighted by Crippen LogP contribution is 2.54. The number of aryl methyl sites for hydroxylation is 1. The highest BCUT2D eigenvalue weighted by Gasteiger charge is 2.44. The van der Waals surface area contributed by atoms with E-state index in [0.29, 0.717) is 16.9 Å². The second-order valence-electron chi connectivity index (χ2n) is 8.44. The van der Waals surface area contributed by atoms with E-state index in [0.717, 1.165) is 23.2 Å². The maximum Gasteiger partial charge on any atom is 0.227 e. The molecule has 1 aromatic carbocycles. The number of hydrogen-bond acceptors (Lipinski definition) is 2. The normalized spacial score (nSPS) is 28.0. The maximum absolute atomic E-state index is 12.7. The largest absolute Gasteiger partial charge is 0.326 e. The van der Waals surface area contributed by atoms with E-state index in [2.05, 4.69) is 36.3 Å². The molecule has 4 heteroatoms.